The number of thiophene rings is 1. The lowest BCUT2D eigenvalue weighted by molar-refractivity contribution is 1.51. The van der Waals surface area contributed by atoms with E-state index in [-0.39, 0.29) is 0 Å². The first-order valence-corrected chi connectivity index (χ1v) is 5.90. The molecule has 0 aliphatic heterocycles. The minimum atomic E-state index is 0.796. The van der Waals surface area contributed by atoms with Gasteiger partial charge < -0.3 is 0 Å². The molecular formula is C8H7BrS2. The van der Waals surface area contributed by atoms with Gasteiger partial charge in [-0.2, -0.15) is 0 Å². The number of rotatable bonds is 3. The maximum Gasteiger partial charge on any atom is 0.0548 e. The molecule has 0 aliphatic rings. The van der Waals surface area contributed by atoms with E-state index in [9.17, 15) is 0 Å². The smallest absolute Gasteiger partial charge is 0.0548 e. The van der Waals surface area contributed by atoms with Gasteiger partial charge in [-0.1, -0.05) is 5.92 Å². The van der Waals surface area contributed by atoms with Crippen molar-refractivity contribution < 1.29 is 0 Å². The highest BCUT2D eigenvalue weighted by Crippen LogP contribution is 2.26. The summed E-state index contributed by atoms with van der Waals surface area (Å²) in [7, 11) is 0. The number of hydrogen-bond acceptors (Lipinski definition) is 2. The Labute approximate surface area is 83.5 Å². The van der Waals surface area contributed by atoms with E-state index in [1.807, 2.05) is 0 Å². The second kappa shape index (κ2) is 4.87. The molecule has 0 unspecified atom stereocenters. The molecule has 58 valence electrons. The minimum absolute atomic E-state index is 0.796. The fourth-order valence-electron chi connectivity index (χ4n) is 0.631. The van der Waals surface area contributed by atoms with Crippen molar-refractivity contribution in [2.45, 2.75) is 5.75 Å². The van der Waals surface area contributed by atoms with Gasteiger partial charge in [-0.05, 0) is 27.4 Å². The Kier molecular flexibility index (Phi) is 4.06. The molecule has 1 aromatic rings. The first kappa shape index (κ1) is 9.18. The van der Waals surface area contributed by atoms with Crippen molar-refractivity contribution in [1.29, 1.82) is 0 Å². The Morgan fingerprint density at radius 2 is 2.55 bits per heavy atom. The normalized spacial score (nSPS) is 9.45. The maximum absolute atomic E-state index is 5.13. The Morgan fingerprint density at radius 3 is 3.09 bits per heavy atom. The molecule has 0 spiro atoms. The highest BCUT2D eigenvalue weighted by Gasteiger charge is 1.99. The molecule has 0 saturated heterocycles. The molecule has 1 aromatic heterocycles. The third-order valence-electron chi connectivity index (χ3n) is 1.11. The van der Waals surface area contributed by atoms with E-state index in [2.05, 4.69) is 33.3 Å². The summed E-state index contributed by atoms with van der Waals surface area (Å²) in [6, 6.07) is 2.07. The molecule has 0 atom stereocenters. The van der Waals surface area contributed by atoms with Gasteiger partial charge in [0.1, 0.15) is 0 Å². The molecule has 0 aliphatic carbocycles. The summed E-state index contributed by atoms with van der Waals surface area (Å²) < 4.78 is 1.20. The van der Waals surface area contributed by atoms with E-state index in [0.717, 1.165) is 11.5 Å². The van der Waals surface area contributed by atoms with E-state index in [0.29, 0.717) is 0 Å². The Bertz CT molecular complexity index is 259. The van der Waals surface area contributed by atoms with Crippen LogP contribution in [0.1, 0.15) is 4.88 Å². The van der Waals surface area contributed by atoms with Crippen LogP contribution in [0.2, 0.25) is 0 Å². The third kappa shape index (κ3) is 2.90. The average Bonchev–Trinajstić information content (AvgIpc) is 2.37. The van der Waals surface area contributed by atoms with Gasteiger partial charge in [0.25, 0.3) is 0 Å². The van der Waals surface area contributed by atoms with Crippen LogP contribution in [0.15, 0.2) is 15.9 Å². The summed E-state index contributed by atoms with van der Waals surface area (Å²) >= 11 is 7.00. The lowest BCUT2D eigenvalue weighted by atomic mass is 10.5. The van der Waals surface area contributed by atoms with Crippen molar-refractivity contribution in [1.82, 2.24) is 0 Å². The number of thioether (sulfide) groups is 1. The van der Waals surface area contributed by atoms with Crippen molar-refractivity contribution in [3.63, 3.8) is 0 Å². The number of halogens is 1. The summed E-state index contributed by atoms with van der Waals surface area (Å²) in [5.74, 6) is 4.41. The van der Waals surface area contributed by atoms with Gasteiger partial charge >= 0.3 is 0 Å². The third-order valence-corrected chi connectivity index (χ3v) is 4.08. The SMILES string of the molecule is C#CCSCc1sccc1Br. The van der Waals surface area contributed by atoms with Crippen LogP contribution in [-0.4, -0.2) is 5.75 Å². The predicted octanol–water partition coefficient (Wildman–Crippen LogP) is 3.38. The first-order chi connectivity index (χ1) is 5.34. The van der Waals surface area contributed by atoms with E-state index >= 15 is 0 Å². The lowest BCUT2D eigenvalue weighted by Crippen LogP contribution is -1.75. The molecule has 3 heteroatoms. The summed E-state index contributed by atoms with van der Waals surface area (Å²) in [6.07, 6.45) is 5.13. The van der Waals surface area contributed by atoms with Crippen molar-refractivity contribution in [3.8, 4) is 12.3 Å². The van der Waals surface area contributed by atoms with Crippen LogP contribution in [0.25, 0.3) is 0 Å². The van der Waals surface area contributed by atoms with Gasteiger partial charge in [0, 0.05) is 15.1 Å². The number of hydrogen-bond donors (Lipinski definition) is 0. The fraction of sp³-hybridized carbons (Fsp3) is 0.250. The van der Waals surface area contributed by atoms with Crippen molar-refractivity contribution in [2.24, 2.45) is 0 Å². The van der Waals surface area contributed by atoms with E-state index in [1.54, 1.807) is 23.1 Å². The standard InChI is InChI=1S/C8H7BrS2/c1-2-4-10-6-8-7(9)3-5-11-8/h1,3,5H,4,6H2. The Hall–Kier alpha value is 0.0900. The Balaban J connectivity index is 2.40. The van der Waals surface area contributed by atoms with Crippen molar-refractivity contribution >= 4 is 39.0 Å². The molecule has 0 fully saturated rings. The van der Waals surface area contributed by atoms with Gasteiger partial charge in [-0.15, -0.1) is 29.5 Å². The van der Waals surface area contributed by atoms with Gasteiger partial charge in [0.05, 0.1) is 5.75 Å². The number of terminal acetylenes is 1. The van der Waals surface area contributed by atoms with Gasteiger partial charge in [-0.25, -0.2) is 0 Å². The summed E-state index contributed by atoms with van der Waals surface area (Å²) in [4.78, 5) is 1.37. The highest BCUT2D eigenvalue weighted by molar-refractivity contribution is 9.10. The molecule has 0 aromatic carbocycles. The van der Waals surface area contributed by atoms with Gasteiger partial charge in [-0.3, -0.25) is 0 Å². The molecule has 0 saturated carbocycles. The maximum atomic E-state index is 5.13. The van der Waals surface area contributed by atoms with E-state index in [1.165, 1.54) is 9.35 Å². The summed E-state index contributed by atoms with van der Waals surface area (Å²) in [5, 5.41) is 2.08. The summed E-state index contributed by atoms with van der Waals surface area (Å²) in [5.41, 5.74) is 0. The fourth-order valence-corrected chi connectivity index (χ4v) is 3.18. The molecule has 0 amide bonds. The van der Waals surface area contributed by atoms with Crippen molar-refractivity contribution in [2.75, 3.05) is 5.75 Å². The van der Waals surface area contributed by atoms with E-state index < -0.39 is 0 Å². The van der Waals surface area contributed by atoms with Crippen LogP contribution in [0.3, 0.4) is 0 Å². The average molecular weight is 247 g/mol. The molecule has 0 nitrogen and oxygen atoms in total. The van der Waals surface area contributed by atoms with Crippen LogP contribution in [0, 0.1) is 12.3 Å². The Morgan fingerprint density at radius 1 is 1.73 bits per heavy atom. The van der Waals surface area contributed by atoms with Gasteiger partial charge in [0.2, 0.25) is 0 Å². The zero-order chi connectivity index (χ0) is 8.10. The zero-order valence-corrected chi connectivity index (χ0v) is 9.06. The molecule has 0 radical (unpaired) electrons. The first-order valence-electron chi connectivity index (χ1n) is 3.07. The largest absolute Gasteiger partial charge is 0.147 e. The predicted molar refractivity (Wildman–Crippen MR) is 57.0 cm³/mol. The van der Waals surface area contributed by atoms with Crippen LogP contribution in [0.5, 0.6) is 0 Å². The second-order valence-corrected chi connectivity index (χ2v) is 4.73. The lowest BCUT2D eigenvalue weighted by Gasteiger charge is -1.93. The topological polar surface area (TPSA) is 0 Å². The molecule has 0 bridgehead atoms. The molecule has 1 rings (SSSR count). The highest BCUT2D eigenvalue weighted by atomic mass is 79.9. The molecule has 11 heavy (non-hydrogen) atoms. The van der Waals surface area contributed by atoms with Gasteiger partial charge in [0.15, 0.2) is 0 Å². The van der Waals surface area contributed by atoms with E-state index in [4.69, 9.17) is 6.42 Å². The van der Waals surface area contributed by atoms with Crippen LogP contribution < -0.4 is 0 Å². The van der Waals surface area contributed by atoms with Crippen LogP contribution in [-0.2, 0) is 5.75 Å². The minimum Gasteiger partial charge on any atom is -0.147 e. The zero-order valence-electron chi connectivity index (χ0n) is 5.84. The molecule has 0 N–H and O–H groups in total. The quantitative estimate of drug-likeness (QED) is 0.583. The van der Waals surface area contributed by atoms with Crippen molar-refractivity contribution in [3.05, 3.63) is 20.8 Å². The summed E-state index contributed by atoms with van der Waals surface area (Å²) in [6.45, 7) is 0. The monoisotopic (exact) mass is 246 g/mol. The van der Waals surface area contributed by atoms with Crippen LogP contribution in [0.4, 0.5) is 0 Å². The molecular weight excluding hydrogens is 240 g/mol. The molecule has 1 heterocycles. The van der Waals surface area contributed by atoms with Crippen LogP contribution >= 0.6 is 39.0 Å². The second-order valence-electron chi connectivity index (χ2n) is 1.89.